The fourth-order valence-corrected chi connectivity index (χ4v) is 1.65. The number of hydrogen-bond donors (Lipinski definition) is 1. The molecule has 0 radical (unpaired) electrons. The van der Waals surface area contributed by atoms with Crippen LogP contribution in [0.1, 0.15) is 11.1 Å². The van der Waals surface area contributed by atoms with E-state index in [1.807, 2.05) is 0 Å². The van der Waals surface area contributed by atoms with Crippen LogP contribution in [-0.4, -0.2) is 0 Å². The van der Waals surface area contributed by atoms with Gasteiger partial charge in [0.05, 0.1) is 11.1 Å². The quantitative estimate of drug-likeness (QED) is 0.681. The van der Waals surface area contributed by atoms with Crippen molar-refractivity contribution in [2.45, 2.75) is 12.4 Å². The van der Waals surface area contributed by atoms with E-state index in [4.69, 9.17) is 0 Å². The number of rotatable bonds is 2. The first-order valence-corrected chi connectivity index (χ1v) is 5.46. The lowest BCUT2D eigenvalue weighted by Gasteiger charge is -2.15. The van der Waals surface area contributed by atoms with Gasteiger partial charge < -0.3 is 5.32 Å². The van der Waals surface area contributed by atoms with Crippen molar-refractivity contribution in [3.63, 3.8) is 0 Å². The molecule has 0 saturated heterocycles. The van der Waals surface area contributed by atoms with Crippen molar-refractivity contribution >= 4 is 11.4 Å². The van der Waals surface area contributed by atoms with Gasteiger partial charge >= 0.3 is 12.4 Å². The minimum atomic E-state index is -5.08. The average Bonchev–Trinajstić information content (AvgIpc) is 2.41. The van der Waals surface area contributed by atoms with Gasteiger partial charge in [-0.3, -0.25) is 9.59 Å². The number of hydrogen-bond acceptors (Lipinski definition) is 3. The van der Waals surface area contributed by atoms with Crippen molar-refractivity contribution in [3.8, 4) is 0 Å². The van der Waals surface area contributed by atoms with Gasteiger partial charge in [-0.25, -0.2) is 4.39 Å². The first kappa shape index (κ1) is 16.0. The van der Waals surface area contributed by atoms with E-state index < -0.39 is 51.5 Å². The van der Waals surface area contributed by atoms with E-state index in [2.05, 4.69) is 0 Å². The number of anilines is 2. The molecule has 3 nitrogen and oxygen atoms in total. The summed E-state index contributed by atoms with van der Waals surface area (Å²) in [5.41, 5.74) is -7.91. The summed E-state index contributed by atoms with van der Waals surface area (Å²) in [4.78, 5) is 21.6. The molecule has 0 aliphatic carbocycles. The Labute approximate surface area is 116 Å². The molecular weight excluding hydrogens is 323 g/mol. The van der Waals surface area contributed by atoms with E-state index in [1.165, 1.54) is 0 Å². The van der Waals surface area contributed by atoms with Crippen molar-refractivity contribution in [2.75, 3.05) is 5.32 Å². The van der Waals surface area contributed by atoms with Gasteiger partial charge in [-0.2, -0.15) is 26.3 Å². The Balaban J connectivity index is 2.52. The zero-order valence-corrected chi connectivity index (χ0v) is 10.2. The molecule has 118 valence electrons. The predicted molar refractivity (Wildman–Crippen MR) is 61.0 cm³/mol. The Hall–Kier alpha value is -2.39. The summed E-state index contributed by atoms with van der Waals surface area (Å²) in [6.45, 7) is 0. The SMILES string of the molecule is O=c1c(F)c(Nc2cc(C(F)(F)F)cc(C(F)(F)F)c2)c1=O. The molecule has 0 aliphatic rings. The van der Waals surface area contributed by atoms with Crippen LogP contribution < -0.4 is 16.2 Å². The largest absolute Gasteiger partial charge is 0.416 e. The van der Waals surface area contributed by atoms with Gasteiger partial charge in [0.25, 0.3) is 10.9 Å². The predicted octanol–water partition coefficient (Wildman–Crippen LogP) is 3.20. The van der Waals surface area contributed by atoms with Crippen molar-refractivity contribution in [1.82, 2.24) is 0 Å². The van der Waals surface area contributed by atoms with E-state index in [-0.39, 0.29) is 18.2 Å². The van der Waals surface area contributed by atoms with Crippen LogP contribution in [0.15, 0.2) is 27.8 Å². The molecule has 0 fully saturated rings. The van der Waals surface area contributed by atoms with Crippen LogP contribution in [0.4, 0.5) is 42.1 Å². The normalized spacial score (nSPS) is 12.7. The van der Waals surface area contributed by atoms with Crippen LogP contribution in [0, 0.1) is 5.82 Å². The van der Waals surface area contributed by atoms with E-state index >= 15 is 0 Å². The van der Waals surface area contributed by atoms with E-state index in [1.54, 1.807) is 5.32 Å². The minimum absolute atomic E-state index is 0.121. The van der Waals surface area contributed by atoms with E-state index in [9.17, 15) is 40.3 Å². The smallest absolute Gasteiger partial charge is 0.350 e. The van der Waals surface area contributed by atoms with Gasteiger partial charge in [-0.1, -0.05) is 0 Å². The molecule has 0 saturated carbocycles. The molecule has 1 N–H and O–H groups in total. The molecule has 2 rings (SSSR count). The van der Waals surface area contributed by atoms with Crippen LogP contribution >= 0.6 is 0 Å². The molecule has 0 aromatic heterocycles. The number of halogens is 7. The third-order valence-electron chi connectivity index (χ3n) is 2.71. The zero-order valence-electron chi connectivity index (χ0n) is 10.2. The van der Waals surface area contributed by atoms with Gasteiger partial charge in [-0.05, 0) is 18.2 Å². The van der Waals surface area contributed by atoms with E-state index in [0.717, 1.165) is 0 Å². The van der Waals surface area contributed by atoms with Gasteiger partial charge in [0, 0.05) is 5.69 Å². The fraction of sp³-hybridized carbons (Fsp3) is 0.167. The lowest BCUT2D eigenvalue weighted by Crippen LogP contribution is -2.37. The van der Waals surface area contributed by atoms with Gasteiger partial charge in [0.1, 0.15) is 5.69 Å². The second-order valence-electron chi connectivity index (χ2n) is 4.27. The molecule has 0 aliphatic heterocycles. The third-order valence-corrected chi connectivity index (χ3v) is 2.71. The summed E-state index contributed by atoms with van der Waals surface area (Å²) in [6.07, 6.45) is -10.2. The topological polar surface area (TPSA) is 46.2 Å². The number of benzene rings is 1. The Kier molecular flexibility index (Phi) is 3.50. The summed E-state index contributed by atoms with van der Waals surface area (Å²) in [6, 6.07) is 0.418. The standard InChI is InChI=1S/C12H4F7NO2/c13-7-8(10(22)9(7)21)20-6-2-4(11(14,15)16)1-5(3-6)12(17,18)19/h1-3,20H. The summed E-state index contributed by atoms with van der Waals surface area (Å²) < 4.78 is 88.5. The highest BCUT2D eigenvalue weighted by atomic mass is 19.4. The molecular formula is C12H4F7NO2. The summed E-state index contributed by atoms with van der Waals surface area (Å²) in [5, 5.41) is 1.77. The fourth-order valence-electron chi connectivity index (χ4n) is 1.65. The van der Waals surface area contributed by atoms with Crippen LogP contribution in [0.3, 0.4) is 0 Å². The Morgan fingerprint density at radius 2 is 1.23 bits per heavy atom. The molecule has 22 heavy (non-hydrogen) atoms. The molecule has 2 aromatic carbocycles. The minimum Gasteiger partial charge on any atom is -0.350 e. The Morgan fingerprint density at radius 3 is 1.59 bits per heavy atom. The first-order valence-electron chi connectivity index (χ1n) is 5.46. The molecule has 2 aromatic rings. The van der Waals surface area contributed by atoms with Crippen molar-refractivity contribution in [3.05, 3.63) is 55.6 Å². The second kappa shape index (κ2) is 4.82. The Bertz CT molecular complexity index is 765. The second-order valence-corrected chi connectivity index (χ2v) is 4.27. The maximum Gasteiger partial charge on any atom is 0.416 e. The van der Waals surface area contributed by atoms with Crippen molar-refractivity contribution in [2.24, 2.45) is 0 Å². The lowest BCUT2D eigenvalue weighted by molar-refractivity contribution is -0.143. The van der Waals surface area contributed by atoms with Crippen LogP contribution in [0.2, 0.25) is 0 Å². The Morgan fingerprint density at radius 1 is 0.773 bits per heavy atom. The third kappa shape index (κ3) is 2.81. The molecule has 0 heterocycles. The zero-order chi connectivity index (χ0) is 16.9. The first-order chi connectivity index (χ1) is 9.91. The monoisotopic (exact) mass is 327 g/mol. The molecule has 10 heteroatoms. The molecule has 0 unspecified atom stereocenters. The van der Waals surface area contributed by atoms with Crippen molar-refractivity contribution < 1.29 is 30.7 Å². The molecule has 0 spiro atoms. The number of alkyl halides is 6. The molecule has 0 bridgehead atoms. The lowest BCUT2D eigenvalue weighted by atomic mass is 10.1. The van der Waals surface area contributed by atoms with Gasteiger partial charge in [0.2, 0.25) is 5.82 Å². The average molecular weight is 327 g/mol. The summed E-state index contributed by atoms with van der Waals surface area (Å²) in [5.74, 6) is -1.55. The van der Waals surface area contributed by atoms with Crippen LogP contribution in [0.5, 0.6) is 0 Å². The van der Waals surface area contributed by atoms with E-state index in [0.29, 0.717) is 0 Å². The highest BCUT2D eigenvalue weighted by molar-refractivity contribution is 5.64. The van der Waals surface area contributed by atoms with Crippen LogP contribution in [0.25, 0.3) is 0 Å². The molecule has 0 atom stereocenters. The van der Waals surface area contributed by atoms with Crippen LogP contribution in [-0.2, 0) is 12.4 Å². The summed E-state index contributed by atoms with van der Waals surface area (Å²) in [7, 11) is 0. The maximum atomic E-state index is 13.0. The highest BCUT2D eigenvalue weighted by Crippen LogP contribution is 2.38. The number of nitrogens with one attached hydrogen (secondary N) is 1. The highest BCUT2D eigenvalue weighted by Gasteiger charge is 2.37. The molecule has 0 amide bonds. The van der Waals surface area contributed by atoms with Crippen molar-refractivity contribution in [1.29, 1.82) is 0 Å². The summed E-state index contributed by atoms with van der Waals surface area (Å²) >= 11 is 0. The maximum absolute atomic E-state index is 13.0. The van der Waals surface area contributed by atoms with Gasteiger partial charge in [-0.15, -0.1) is 0 Å². The van der Waals surface area contributed by atoms with Gasteiger partial charge in [0.15, 0.2) is 0 Å².